The van der Waals surface area contributed by atoms with E-state index in [2.05, 4.69) is 15.2 Å². The molecular weight excluding hydrogens is 246 g/mol. The van der Waals surface area contributed by atoms with Crippen molar-refractivity contribution in [3.63, 3.8) is 0 Å². The first kappa shape index (κ1) is 12.5. The fourth-order valence-corrected chi connectivity index (χ4v) is 3.72. The largest absolute Gasteiger partial charge is 0.374 e. The minimum atomic E-state index is 0.299. The van der Waals surface area contributed by atoms with Crippen LogP contribution in [0.2, 0.25) is 0 Å². The summed E-state index contributed by atoms with van der Waals surface area (Å²) in [4.78, 5) is 6.97. The van der Waals surface area contributed by atoms with Crippen molar-refractivity contribution in [1.29, 1.82) is 0 Å². The fraction of sp³-hybridized carbons (Fsp3) is 0.769. The Bertz CT molecular complexity index is 370. The predicted octanol–water partition coefficient (Wildman–Crippen LogP) is 1.14. The highest BCUT2D eigenvalue weighted by molar-refractivity contribution is 7.09. The van der Waals surface area contributed by atoms with Crippen LogP contribution in [0, 0.1) is 0 Å². The summed E-state index contributed by atoms with van der Waals surface area (Å²) in [7, 11) is 2.03. The van der Waals surface area contributed by atoms with Gasteiger partial charge in [-0.05, 0) is 26.4 Å². The van der Waals surface area contributed by atoms with E-state index < -0.39 is 0 Å². The van der Waals surface area contributed by atoms with Crippen molar-refractivity contribution < 1.29 is 4.74 Å². The zero-order valence-corrected chi connectivity index (χ0v) is 11.7. The Kier molecular flexibility index (Phi) is 3.94. The van der Waals surface area contributed by atoms with Crippen LogP contribution in [-0.2, 0) is 11.2 Å². The fourth-order valence-electron chi connectivity index (χ4n) is 3.05. The number of morpholine rings is 1. The van der Waals surface area contributed by atoms with Gasteiger partial charge in [0, 0.05) is 36.6 Å². The van der Waals surface area contributed by atoms with Gasteiger partial charge in [-0.15, -0.1) is 11.3 Å². The Morgan fingerprint density at radius 1 is 1.67 bits per heavy atom. The maximum atomic E-state index is 6.07. The predicted molar refractivity (Wildman–Crippen MR) is 73.0 cm³/mol. The lowest BCUT2D eigenvalue weighted by Gasteiger charge is -2.38. The van der Waals surface area contributed by atoms with Crippen LogP contribution in [0.25, 0.3) is 0 Å². The molecule has 3 heterocycles. The van der Waals surface area contributed by atoms with Crippen molar-refractivity contribution in [2.45, 2.75) is 37.5 Å². The summed E-state index contributed by atoms with van der Waals surface area (Å²) >= 11 is 1.73. The first-order chi connectivity index (χ1) is 8.86. The highest BCUT2D eigenvalue weighted by Gasteiger charge is 2.35. The molecule has 2 fully saturated rings. The molecule has 18 heavy (non-hydrogen) atoms. The Balaban J connectivity index is 1.61. The van der Waals surface area contributed by atoms with Crippen LogP contribution in [-0.4, -0.2) is 54.8 Å². The number of likely N-dealkylation sites (N-methyl/N-ethyl adjacent to an activating group) is 1. The molecule has 3 atom stereocenters. The molecule has 0 spiro atoms. The minimum absolute atomic E-state index is 0.299. The van der Waals surface area contributed by atoms with Crippen LogP contribution in [0.3, 0.4) is 0 Å². The van der Waals surface area contributed by atoms with Gasteiger partial charge in [-0.2, -0.15) is 0 Å². The van der Waals surface area contributed by atoms with Gasteiger partial charge in [0.25, 0.3) is 0 Å². The third-order valence-electron chi connectivity index (χ3n) is 4.11. The van der Waals surface area contributed by atoms with Gasteiger partial charge >= 0.3 is 0 Å². The molecule has 2 aliphatic heterocycles. The molecule has 0 saturated carbocycles. The molecule has 3 unspecified atom stereocenters. The average molecular weight is 267 g/mol. The zero-order chi connectivity index (χ0) is 12.4. The summed E-state index contributed by atoms with van der Waals surface area (Å²) in [6, 6.07) is 1.05. The van der Waals surface area contributed by atoms with Gasteiger partial charge in [-0.25, -0.2) is 4.98 Å². The van der Waals surface area contributed by atoms with Crippen LogP contribution < -0.4 is 5.32 Å². The second kappa shape index (κ2) is 5.65. The van der Waals surface area contributed by atoms with E-state index in [1.807, 2.05) is 18.6 Å². The molecule has 4 nitrogen and oxygen atoms in total. The third kappa shape index (κ3) is 2.59. The normalized spacial score (nSPS) is 30.3. The first-order valence-electron chi connectivity index (χ1n) is 6.78. The van der Waals surface area contributed by atoms with E-state index in [0.717, 1.165) is 19.6 Å². The molecule has 1 aromatic heterocycles. The van der Waals surface area contributed by atoms with Crippen molar-refractivity contribution in [2.24, 2.45) is 0 Å². The monoisotopic (exact) mass is 267 g/mol. The summed E-state index contributed by atoms with van der Waals surface area (Å²) in [6.45, 7) is 3.22. The quantitative estimate of drug-likeness (QED) is 0.887. The third-order valence-corrected chi connectivity index (χ3v) is 4.92. The number of hydrogen-bond donors (Lipinski definition) is 1. The smallest absolute Gasteiger partial charge is 0.0941 e. The van der Waals surface area contributed by atoms with Crippen LogP contribution in [0.5, 0.6) is 0 Å². The summed E-state index contributed by atoms with van der Waals surface area (Å²) in [6.07, 6.45) is 5.79. The zero-order valence-electron chi connectivity index (χ0n) is 10.8. The summed E-state index contributed by atoms with van der Waals surface area (Å²) in [5.74, 6) is 0. The number of fused-ring (bicyclic) bond motifs is 1. The van der Waals surface area contributed by atoms with E-state index in [1.54, 1.807) is 11.3 Å². The molecule has 2 saturated heterocycles. The van der Waals surface area contributed by atoms with E-state index in [4.69, 9.17) is 4.74 Å². The molecule has 0 bridgehead atoms. The minimum Gasteiger partial charge on any atom is -0.374 e. The van der Waals surface area contributed by atoms with Crippen LogP contribution >= 0.6 is 11.3 Å². The number of thiazole rings is 1. The summed E-state index contributed by atoms with van der Waals surface area (Å²) in [5.41, 5.74) is 0. The molecule has 0 aliphatic carbocycles. The van der Waals surface area contributed by atoms with Crippen molar-refractivity contribution >= 4 is 11.3 Å². The van der Waals surface area contributed by atoms with Crippen molar-refractivity contribution in [2.75, 3.05) is 26.7 Å². The Labute approximate surface area is 112 Å². The molecule has 0 radical (unpaired) electrons. The average Bonchev–Trinajstić information content (AvgIpc) is 3.06. The topological polar surface area (TPSA) is 37.4 Å². The van der Waals surface area contributed by atoms with Gasteiger partial charge in [0.2, 0.25) is 0 Å². The van der Waals surface area contributed by atoms with Crippen molar-refractivity contribution in [3.8, 4) is 0 Å². The standard InChI is InChI=1S/C13H21N3OS/c1-14-11(7-13-15-4-6-18-13)12-8-16-5-2-3-10(16)9-17-12/h4,6,10-12,14H,2-3,5,7-9H2,1H3. The van der Waals surface area contributed by atoms with E-state index in [9.17, 15) is 0 Å². The molecule has 3 rings (SSSR count). The molecule has 5 heteroatoms. The Morgan fingerprint density at radius 3 is 3.39 bits per heavy atom. The van der Waals surface area contributed by atoms with E-state index >= 15 is 0 Å². The lowest BCUT2D eigenvalue weighted by molar-refractivity contribution is -0.0634. The summed E-state index contributed by atoms with van der Waals surface area (Å²) in [5, 5.41) is 6.64. The number of rotatable bonds is 4. The molecular formula is C13H21N3OS. The molecule has 2 aliphatic rings. The maximum Gasteiger partial charge on any atom is 0.0941 e. The molecule has 100 valence electrons. The number of nitrogens with zero attached hydrogens (tertiary/aromatic N) is 2. The lowest BCUT2D eigenvalue weighted by atomic mass is 10.0. The number of nitrogens with one attached hydrogen (secondary N) is 1. The second-order valence-corrected chi connectivity index (χ2v) is 6.17. The van der Waals surface area contributed by atoms with Gasteiger partial charge in [0.05, 0.1) is 17.7 Å². The SMILES string of the molecule is CNC(Cc1nccs1)C1CN2CCCC2CO1. The number of hydrogen-bond acceptors (Lipinski definition) is 5. The lowest BCUT2D eigenvalue weighted by Crippen LogP contribution is -2.54. The van der Waals surface area contributed by atoms with Crippen molar-refractivity contribution in [3.05, 3.63) is 16.6 Å². The van der Waals surface area contributed by atoms with E-state index in [0.29, 0.717) is 18.2 Å². The molecule has 1 aromatic rings. The molecule has 0 amide bonds. The van der Waals surface area contributed by atoms with Crippen LogP contribution in [0.4, 0.5) is 0 Å². The van der Waals surface area contributed by atoms with E-state index in [1.165, 1.54) is 24.4 Å². The Morgan fingerprint density at radius 2 is 2.61 bits per heavy atom. The van der Waals surface area contributed by atoms with Gasteiger partial charge in [0.1, 0.15) is 0 Å². The van der Waals surface area contributed by atoms with Gasteiger partial charge < -0.3 is 10.1 Å². The number of aromatic nitrogens is 1. The van der Waals surface area contributed by atoms with Gasteiger partial charge in [-0.1, -0.05) is 0 Å². The van der Waals surface area contributed by atoms with Gasteiger partial charge in [-0.3, -0.25) is 4.90 Å². The van der Waals surface area contributed by atoms with Crippen LogP contribution in [0.15, 0.2) is 11.6 Å². The highest BCUT2D eigenvalue weighted by Crippen LogP contribution is 2.24. The molecule has 0 aromatic carbocycles. The summed E-state index contributed by atoms with van der Waals surface area (Å²) < 4.78 is 6.07. The Hall–Kier alpha value is -0.490. The maximum absolute atomic E-state index is 6.07. The first-order valence-corrected chi connectivity index (χ1v) is 7.66. The van der Waals surface area contributed by atoms with Gasteiger partial charge in [0.15, 0.2) is 0 Å². The van der Waals surface area contributed by atoms with Crippen LogP contribution in [0.1, 0.15) is 17.8 Å². The van der Waals surface area contributed by atoms with Crippen molar-refractivity contribution in [1.82, 2.24) is 15.2 Å². The highest BCUT2D eigenvalue weighted by atomic mass is 32.1. The molecule has 1 N–H and O–H groups in total. The number of ether oxygens (including phenoxy) is 1. The van der Waals surface area contributed by atoms with E-state index in [-0.39, 0.29) is 0 Å². The second-order valence-electron chi connectivity index (χ2n) is 5.19.